The number of carboxylic acids is 1. The Kier molecular flexibility index (Phi) is 3.40. The summed E-state index contributed by atoms with van der Waals surface area (Å²) < 4.78 is 4.80. The maximum Gasteiger partial charge on any atom is 0.356 e. The molecule has 1 unspecified atom stereocenters. The zero-order valence-corrected chi connectivity index (χ0v) is 10.5. The van der Waals surface area contributed by atoms with E-state index in [-0.39, 0.29) is 12.3 Å². The normalized spacial score (nSPS) is 23.4. The molecular formula is C12H17NO4. The maximum atomic E-state index is 11.5. The second-order valence-corrected chi connectivity index (χ2v) is 4.93. The van der Waals surface area contributed by atoms with Crippen molar-refractivity contribution in [3.63, 3.8) is 0 Å². The van der Waals surface area contributed by atoms with Crippen molar-refractivity contribution < 1.29 is 19.4 Å². The molecular weight excluding hydrogens is 222 g/mol. The van der Waals surface area contributed by atoms with Gasteiger partial charge in [0.15, 0.2) is 0 Å². The lowest BCUT2D eigenvalue weighted by Gasteiger charge is -2.33. The zero-order chi connectivity index (χ0) is 13.3. The van der Waals surface area contributed by atoms with Crippen LogP contribution in [-0.4, -0.2) is 29.9 Å². The number of carboxylic acid groups (broad SMARTS) is 1. The first-order chi connectivity index (χ1) is 7.74. The number of carbonyl (C=O) groups excluding carboxylic acids is 1. The molecule has 0 bridgehead atoms. The van der Waals surface area contributed by atoms with Gasteiger partial charge in [-0.25, -0.2) is 4.79 Å². The fourth-order valence-electron chi connectivity index (χ4n) is 1.63. The summed E-state index contributed by atoms with van der Waals surface area (Å²) in [5.74, 6) is -1.61. The number of hydrogen-bond donors (Lipinski definition) is 1. The van der Waals surface area contributed by atoms with Crippen molar-refractivity contribution in [1.82, 2.24) is 0 Å². The van der Waals surface area contributed by atoms with Crippen molar-refractivity contribution in [2.24, 2.45) is 15.8 Å². The molecule has 0 aromatic rings. The Labute approximate surface area is 100 Å². The predicted octanol–water partition coefficient (Wildman–Crippen LogP) is 1.63. The standard InChI is InChI=1S/C12H17NO4/c1-5-17-9(14)8-6-12(7-13-8,10(15)16)11(2,3)4/h6-7H,5H2,1-4H3,(H,15,16). The van der Waals surface area contributed by atoms with Gasteiger partial charge >= 0.3 is 11.9 Å². The molecule has 0 saturated carbocycles. The van der Waals surface area contributed by atoms with Gasteiger partial charge in [0.2, 0.25) is 0 Å². The lowest BCUT2D eigenvalue weighted by Crippen LogP contribution is -2.41. The van der Waals surface area contributed by atoms with Crippen molar-refractivity contribution >= 4 is 18.2 Å². The molecule has 94 valence electrons. The van der Waals surface area contributed by atoms with E-state index in [1.807, 2.05) is 0 Å². The molecule has 0 spiro atoms. The van der Waals surface area contributed by atoms with Crippen LogP contribution in [0.25, 0.3) is 0 Å². The SMILES string of the molecule is CCOC(=O)C1=CC(C(=O)O)(C(C)(C)C)C=N1. The molecule has 1 aliphatic rings. The van der Waals surface area contributed by atoms with Gasteiger partial charge in [0.05, 0.1) is 6.61 Å². The molecule has 1 N–H and O–H groups in total. The quantitative estimate of drug-likeness (QED) is 0.759. The van der Waals surface area contributed by atoms with E-state index in [0.717, 1.165) is 0 Å². The van der Waals surface area contributed by atoms with Gasteiger partial charge in [-0.05, 0) is 18.4 Å². The number of aliphatic imine (C=N–C) groups is 1. The zero-order valence-electron chi connectivity index (χ0n) is 10.5. The molecule has 5 nitrogen and oxygen atoms in total. The summed E-state index contributed by atoms with van der Waals surface area (Å²) in [5, 5.41) is 9.34. The Morgan fingerprint density at radius 1 is 1.47 bits per heavy atom. The number of aliphatic carboxylic acids is 1. The average Bonchev–Trinajstić information content (AvgIpc) is 2.62. The summed E-state index contributed by atoms with van der Waals surface area (Å²) in [6, 6.07) is 0. The van der Waals surface area contributed by atoms with Gasteiger partial charge in [-0.15, -0.1) is 0 Å². The summed E-state index contributed by atoms with van der Waals surface area (Å²) in [6.45, 7) is 7.29. The highest BCUT2D eigenvalue weighted by Gasteiger charge is 2.49. The Balaban J connectivity index is 3.13. The molecule has 1 aliphatic heterocycles. The molecule has 0 fully saturated rings. The second kappa shape index (κ2) is 4.31. The smallest absolute Gasteiger partial charge is 0.356 e. The fraction of sp³-hybridized carbons (Fsp3) is 0.583. The van der Waals surface area contributed by atoms with E-state index < -0.39 is 22.8 Å². The molecule has 0 saturated heterocycles. The van der Waals surface area contributed by atoms with E-state index >= 15 is 0 Å². The molecule has 17 heavy (non-hydrogen) atoms. The van der Waals surface area contributed by atoms with Crippen molar-refractivity contribution in [2.45, 2.75) is 27.7 Å². The van der Waals surface area contributed by atoms with Gasteiger partial charge in [0.1, 0.15) is 11.1 Å². The van der Waals surface area contributed by atoms with Crippen LogP contribution in [0.4, 0.5) is 0 Å². The molecule has 0 aliphatic carbocycles. The van der Waals surface area contributed by atoms with Crippen LogP contribution in [0.15, 0.2) is 16.8 Å². The van der Waals surface area contributed by atoms with Crippen molar-refractivity contribution in [2.75, 3.05) is 6.61 Å². The maximum absolute atomic E-state index is 11.5. The fourth-order valence-corrected chi connectivity index (χ4v) is 1.63. The van der Waals surface area contributed by atoms with E-state index in [0.29, 0.717) is 0 Å². The Morgan fingerprint density at radius 3 is 2.41 bits per heavy atom. The first-order valence-electron chi connectivity index (χ1n) is 5.43. The van der Waals surface area contributed by atoms with Crippen LogP contribution in [-0.2, 0) is 14.3 Å². The van der Waals surface area contributed by atoms with Gasteiger partial charge in [-0.3, -0.25) is 9.79 Å². The highest BCUT2D eigenvalue weighted by Crippen LogP contribution is 2.42. The van der Waals surface area contributed by atoms with Crippen LogP contribution in [0.2, 0.25) is 0 Å². The van der Waals surface area contributed by atoms with Crippen LogP contribution in [0, 0.1) is 10.8 Å². The minimum Gasteiger partial charge on any atom is -0.480 e. The monoisotopic (exact) mass is 239 g/mol. The first-order valence-corrected chi connectivity index (χ1v) is 5.43. The summed E-state index contributed by atoms with van der Waals surface area (Å²) in [5.41, 5.74) is -1.77. The summed E-state index contributed by atoms with van der Waals surface area (Å²) in [4.78, 5) is 26.8. The van der Waals surface area contributed by atoms with E-state index in [4.69, 9.17) is 4.74 Å². The Bertz CT molecular complexity index is 403. The molecule has 1 rings (SSSR count). The van der Waals surface area contributed by atoms with E-state index in [2.05, 4.69) is 4.99 Å². The largest absolute Gasteiger partial charge is 0.480 e. The van der Waals surface area contributed by atoms with Crippen LogP contribution in [0.3, 0.4) is 0 Å². The number of esters is 1. The van der Waals surface area contributed by atoms with E-state index in [1.54, 1.807) is 27.7 Å². The average molecular weight is 239 g/mol. The summed E-state index contributed by atoms with van der Waals surface area (Å²) in [6.07, 6.45) is 2.68. The van der Waals surface area contributed by atoms with Gasteiger partial charge in [-0.2, -0.15) is 0 Å². The molecule has 5 heteroatoms. The van der Waals surface area contributed by atoms with Gasteiger partial charge < -0.3 is 9.84 Å². The number of hydrogen-bond acceptors (Lipinski definition) is 4. The number of nitrogens with zero attached hydrogens (tertiary/aromatic N) is 1. The Morgan fingerprint density at radius 2 is 2.06 bits per heavy atom. The minimum atomic E-state index is -1.25. The molecule has 1 heterocycles. The number of rotatable bonds is 3. The summed E-state index contributed by atoms with van der Waals surface area (Å²) >= 11 is 0. The first kappa shape index (κ1) is 13.4. The molecule has 0 aromatic carbocycles. The van der Waals surface area contributed by atoms with E-state index in [1.165, 1.54) is 12.3 Å². The highest BCUT2D eigenvalue weighted by molar-refractivity contribution is 6.04. The van der Waals surface area contributed by atoms with Crippen molar-refractivity contribution in [3.8, 4) is 0 Å². The van der Waals surface area contributed by atoms with Crippen LogP contribution in [0.1, 0.15) is 27.7 Å². The summed E-state index contributed by atoms with van der Waals surface area (Å²) in [7, 11) is 0. The predicted molar refractivity (Wildman–Crippen MR) is 62.7 cm³/mol. The van der Waals surface area contributed by atoms with Gasteiger partial charge in [-0.1, -0.05) is 20.8 Å². The second-order valence-electron chi connectivity index (χ2n) is 4.93. The number of ether oxygens (including phenoxy) is 1. The third-order valence-corrected chi connectivity index (χ3v) is 2.85. The van der Waals surface area contributed by atoms with Crippen LogP contribution >= 0.6 is 0 Å². The third-order valence-electron chi connectivity index (χ3n) is 2.85. The van der Waals surface area contributed by atoms with Crippen LogP contribution in [0.5, 0.6) is 0 Å². The lowest BCUT2D eigenvalue weighted by atomic mass is 9.67. The van der Waals surface area contributed by atoms with Gasteiger partial charge in [0.25, 0.3) is 0 Å². The van der Waals surface area contributed by atoms with Crippen molar-refractivity contribution in [1.29, 1.82) is 0 Å². The third kappa shape index (κ3) is 2.23. The topological polar surface area (TPSA) is 76.0 Å². The van der Waals surface area contributed by atoms with Crippen molar-refractivity contribution in [3.05, 3.63) is 11.8 Å². The molecule has 0 radical (unpaired) electrons. The minimum absolute atomic E-state index is 0.0594. The van der Waals surface area contributed by atoms with Crippen LogP contribution < -0.4 is 0 Å². The highest BCUT2D eigenvalue weighted by atomic mass is 16.5. The van der Waals surface area contributed by atoms with Gasteiger partial charge in [0, 0.05) is 6.21 Å². The molecule has 0 aromatic heterocycles. The molecule has 0 amide bonds. The Hall–Kier alpha value is -1.65. The van der Waals surface area contributed by atoms with E-state index in [9.17, 15) is 14.7 Å². The number of carbonyl (C=O) groups is 2. The lowest BCUT2D eigenvalue weighted by molar-refractivity contribution is -0.146. The molecule has 1 atom stereocenters.